The monoisotopic (exact) mass is 421 g/mol. The lowest BCUT2D eigenvalue weighted by atomic mass is 10.0. The summed E-state index contributed by atoms with van der Waals surface area (Å²) in [4.78, 5) is 28.7. The summed E-state index contributed by atoms with van der Waals surface area (Å²) in [6.07, 6.45) is -0.993. The largest absolute Gasteiger partial charge is 0.460 e. The van der Waals surface area contributed by atoms with Crippen molar-refractivity contribution in [3.63, 3.8) is 0 Å². The Morgan fingerprint density at radius 3 is 2.38 bits per heavy atom. The van der Waals surface area contributed by atoms with Crippen LogP contribution in [0.4, 0.5) is 4.39 Å². The lowest BCUT2D eigenvalue weighted by molar-refractivity contribution is -0.191. The maximum absolute atomic E-state index is 13.7. The van der Waals surface area contributed by atoms with E-state index in [1.165, 1.54) is 12.1 Å². The number of ketones is 1. The third-order valence-corrected chi connectivity index (χ3v) is 4.93. The minimum atomic E-state index is -4.12. The molecule has 0 bridgehead atoms. The third kappa shape index (κ3) is 5.50. The molecule has 29 heavy (non-hydrogen) atoms. The molecule has 1 aliphatic heterocycles. The number of carbonyl (C=O) groups excluding carboxylic acids is 3. The van der Waals surface area contributed by atoms with Crippen molar-refractivity contribution < 1.29 is 36.1 Å². The van der Waals surface area contributed by atoms with Gasteiger partial charge < -0.3 is 14.7 Å². The lowest BCUT2D eigenvalue weighted by Crippen LogP contribution is -2.16. The molecule has 2 aromatic carbocycles. The number of nitrogens with two attached hydrogens (primary N) is 1. The van der Waals surface area contributed by atoms with Crippen molar-refractivity contribution in [1.82, 2.24) is 0 Å². The summed E-state index contributed by atoms with van der Waals surface area (Å²) in [7, 11) is -4.12. The molecule has 152 valence electrons. The third-order valence-electron chi connectivity index (χ3n) is 3.83. The van der Waals surface area contributed by atoms with Crippen LogP contribution in [0, 0.1) is 12.7 Å². The number of carbonyl (C=O) groups is 1. The minimum Gasteiger partial charge on any atom is -0.460 e. The maximum Gasteiger partial charge on any atom is 0.373 e. The molecule has 0 saturated carbocycles. The number of halogens is 1. The van der Waals surface area contributed by atoms with Crippen LogP contribution >= 0.6 is 0 Å². The summed E-state index contributed by atoms with van der Waals surface area (Å²) in [6.45, 7) is 1.58. The van der Waals surface area contributed by atoms with Crippen LogP contribution in [-0.4, -0.2) is 20.4 Å². The number of rotatable bonds is 5. The average molecular weight is 421 g/mol. The van der Waals surface area contributed by atoms with Gasteiger partial charge in [0.2, 0.25) is 17.4 Å². The van der Waals surface area contributed by atoms with E-state index in [1.807, 2.05) is 0 Å². The number of ether oxygens (including phenoxy) is 1. The fourth-order valence-electron chi connectivity index (χ4n) is 2.48. The first-order chi connectivity index (χ1) is 13.7. The van der Waals surface area contributed by atoms with Gasteiger partial charge in [0.25, 0.3) is 0 Å². The molecule has 2 N–H and O–H groups in total. The van der Waals surface area contributed by atoms with Crippen LogP contribution in [-0.2, 0) is 39.2 Å². The van der Waals surface area contributed by atoms with Crippen LogP contribution in [0.2, 0.25) is 0 Å². The van der Waals surface area contributed by atoms with E-state index in [0.717, 1.165) is 6.07 Å². The van der Waals surface area contributed by atoms with E-state index < -0.39 is 45.2 Å². The highest BCUT2D eigenvalue weighted by Gasteiger charge is 2.39. The molecule has 1 atom stereocenters. The summed E-state index contributed by atoms with van der Waals surface area (Å²) >= 11 is 0. The number of benzene rings is 2. The van der Waals surface area contributed by atoms with Gasteiger partial charge in [0.05, 0.1) is 0 Å². The Morgan fingerprint density at radius 1 is 1.17 bits per heavy atom. The van der Waals surface area contributed by atoms with E-state index in [1.54, 1.807) is 37.3 Å². The van der Waals surface area contributed by atoms with E-state index in [2.05, 4.69) is 0 Å². The van der Waals surface area contributed by atoms with E-state index in [9.17, 15) is 17.6 Å². The summed E-state index contributed by atoms with van der Waals surface area (Å²) < 4.78 is 48.3. The molecule has 8 nitrogen and oxygen atoms in total. The first-order valence-electron chi connectivity index (χ1n) is 8.10. The molecule has 10 heteroatoms. The summed E-state index contributed by atoms with van der Waals surface area (Å²) in [5, 5.41) is 0. The second-order valence-electron chi connectivity index (χ2n) is 5.92. The Bertz CT molecular complexity index is 1070. The van der Waals surface area contributed by atoms with Gasteiger partial charge in [-0.2, -0.15) is 18.0 Å². The molecule has 3 rings (SSSR count). The van der Waals surface area contributed by atoms with Gasteiger partial charge in [-0.25, -0.2) is 4.39 Å². The molecule has 0 aromatic heterocycles. The van der Waals surface area contributed by atoms with Crippen LogP contribution in [0.15, 0.2) is 60.2 Å². The van der Waals surface area contributed by atoms with Crippen LogP contribution in [0.25, 0.3) is 0 Å². The zero-order valence-electron chi connectivity index (χ0n) is 15.1. The SMILES string of the molecule is Cc1ccc(C2OC(N)=C(OS(=O)(=O)Cc3ccccc3)C2=O)cc1F.O=C=O. The average Bonchev–Trinajstić information content (AvgIpc) is 2.93. The quantitative estimate of drug-likeness (QED) is 0.724. The highest BCUT2D eigenvalue weighted by atomic mass is 32.2. The number of Topliss-reactive ketones (excluding diaryl/α,β-unsaturated/α-hetero) is 1. The van der Waals surface area contributed by atoms with Gasteiger partial charge in [-0.1, -0.05) is 42.5 Å². The predicted octanol–water partition coefficient (Wildman–Crippen LogP) is 1.87. The highest BCUT2D eigenvalue weighted by molar-refractivity contribution is 7.86. The van der Waals surface area contributed by atoms with Crippen molar-refractivity contribution in [3.8, 4) is 0 Å². The maximum atomic E-state index is 13.7. The molecule has 0 spiro atoms. The van der Waals surface area contributed by atoms with Gasteiger partial charge >= 0.3 is 16.3 Å². The van der Waals surface area contributed by atoms with Crippen LogP contribution in [0.5, 0.6) is 0 Å². The Balaban J connectivity index is 0.000000941. The highest BCUT2D eigenvalue weighted by Crippen LogP contribution is 2.33. The van der Waals surface area contributed by atoms with Crippen molar-refractivity contribution in [1.29, 1.82) is 0 Å². The van der Waals surface area contributed by atoms with Crippen LogP contribution in [0.3, 0.4) is 0 Å². The van der Waals surface area contributed by atoms with E-state index in [0.29, 0.717) is 11.1 Å². The molecule has 0 fully saturated rings. The first kappa shape index (κ1) is 21.8. The van der Waals surface area contributed by atoms with Crippen molar-refractivity contribution >= 4 is 22.1 Å². The molecule has 0 amide bonds. The Hall–Kier alpha value is -3.49. The second-order valence-corrected chi connectivity index (χ2v) is 7.49. The first-order valence-corrected chi connectivity index (χ1v) is 9.68. The van der Waals surface area contributed by atoms with Crippen LogP contribution in [0.1, 0.15) is 22.8 Å². The molecular formula is C19H16FNO7S. The zero-order chi connectivity index (χ0) is 21.6. The Morgan fingerprint density at radius 2 is 1.79 bits per heavy atom. The van der Waals surface area contributed by atoms with Crippen molar-refractivity contribution in [3.05, 3.63) is 82.7 Å². The molecule has 1 unspecified atom stereocenters. The molecule has 2 aromatic rings. The van der Waals surface area contributed by atoms with Crippen molar-refractivity contribution in [2.75, 3.05) is 0 Å². The van der Waals surface area contributed by atoms with Crippen molar-refractivity contribution in [2.45, 2.75) is 18.8 Å². The van der Waals surface area contributed by atoms with Gasteiger partial charge in [-0.05, 0) is 24.1 Å². The molecular weight excluding hydrogens is 405 g/mol. The minimum absolute atomic E-state index is 0.222. The smallest absolute Gasteiger partial charge is 0.373 e. The van der Waals surface area contributed by atoms with Gasteiger partial charge in [0.1, 0.15) is 11.6 Å². The number of hydrogen-bond donors (Lipinski definition) is 1. The van der Waals surface area contributed by atoms with E-state index in [-0.39, 0.29) is 11.7 Å². The topological polar surface area (TPSA) is 130 Å². The number of aryl methyl sites for hydroxylation is 1. The fourth-order valence-corrected chi connectivity index (χ4v) is 3.56. The van der Waals surface area contributed by atoms with Crippen LogP contribution < -0.4 is 5.73 Å². The van der Waals surface area contributed by atoms with Gasteiger partial charge in [-0.3, -0.25) is 4.79 Å². The normalized spacial score (nSPS) is 15.8. The predicted molar refractivity (Wildman–Crippen MR) is 96.3 cm³/mol. The van der Waals surface area contributed by atoms with Gasteiger partial charge in [0.15, 0.2) is 6.10 Å². The molecule has 0 aliphatic carbocycles. The Labute approximate surface area is 165 Å². The number of hydrogen-bond acceptors (Lipinski definition) is 8. The van der Waals surface area contributed by atoms with Gasteiger partial charge in [0, 0.05) is 5.56 Å². The molecule has 1 aliphatic rings. The standard InChI is InChI=1S/C18H16FNO5S.CO2/c1-11-7-8-13(9-14(11)19)16-15(21)17(18(20)24-16)25-26(22,23)10-12-5-3-2-4-6-12;2-1-3/h2-9,16H,10,20H2,1H3;. The summed E-state index contributed by atoms with van der Waals surface area (Å²) in [5.74, 6) is -2.75. The second kappa shape index (κ2) is 9.13. The summed E-state index contributed by atoms with van der Waals surface area (Å²) in [6, 6.07) is 12.5. The van der Waals surface area contributed by atoms with E-state index >= 15 is 0 Å². The zero-order valence-corrected chi connectivity index (χ0v) is 15.9. The fraction of sp³-hybridized carbons (Fsp3) is 0.158. The molecule has 0 radical (unpaired) electrons. The lowest BCUT2D eigenvalue weighted by Gasteiger charge is -2.10. The van der Waals surface area contributed by atoms with Gasteiger partial charge in [-0.15, -0.1) is 0 Å². The molecule has 1 heterocycles. The molecule has 0 saturated heterocycles. The van der Waals surface area contributed by atoms with E-state index in [4.69, 9.17) is 24.2 Å². The summed E-state index contributed by atoms with van der Waals surface area (Å²) in [5.41, 5.74) is 6.74. The van der Waals surface area contributed by atoms with Crippen molar-refractivity contribution in [2.24, 2.45) is 5.73 Å². The Kier molecular flexibility index (Phi) is 6.87.